The Morgan fingerprint density at radius 3 is 2.39 bits per heavy atom. The van der Waals surface area contributed by atoms with Gasteiger partial charge in [0.1, 0.15) is 0 Å². The van der Waals surface area contributed by atoms with Gasteiger partial charge >= 0.3 is 0 Å². The third-order valence-electron chi connectivity index (χ3n) is 9.42. The minimum atomic E-state index is -0.145. The molecule has 4 aliphatic rings. The monoisotopic (exact) mass is 425 g/mol. The highest BCUT2D eigenvalue weighted by atomic mass is 16.1. The first kappa shape index (κ1) is 23.1. The number of nitrogens with two attached hydrogens (primary N) is 1. The lowest BCUT2D eigenvalue weighted by Crippen LogP contribution is -2.38. The predicted molar refractivity (Wildman–Crippen MR) is 131 cm³/mol. The average Bonchev–Trinajstić information content (AvgIpc) is 3.21. The van der Waals surface area contributed by atoms with E-state index in [-0.39, 0.29) is 5.91 Å². The van der Waals surface area contributed by atoms with Crippen molar-refractivity contribution in [3.8, 4) is 0 Å². The maximum Gasteiger partial charge on any atom is 0.217 e. The van der Waals surface area contributed by atoms with Gasteiger partial charge in [-0.2, -0.15) is 0 Å². The molecule has 2 nitrogen and oxygen atoms in total. The van der Waals surface area contributed by atoms with E-state index in [4.69, 9.17) is 5.73 Å². The van der Waals surface area contributed by atoms with E-state index in [9.17, 15) is 4.79 Å². The van der Waals surface area contributed by atoms with Crippen LogP contribution in [-0.2, 0) is 4.79 Å². The third kappa shape index (κ3) is 5.66. The second-order valence-electron chi connectivity index (χ2n) is 11.3. The van der Waals surface area contributed by atoms with Crippen molar-refractivity contribution < 1.29 is 4.79 Å². The highest BCUT2D eigenvalue weighted by Crippen LogP contribution is 2.62. The van der Waals surface area contributed by atoms with Crippen molar-refractivity contribution in [1.29, 1.82) is 0 Å². The zero-order chi connectivity index (χ0) is 21.5. The van der Waals surface area contributed by atoms with Crippen molar-refractivity contribution in [3.63, 3.8) is 0 Å². The van der Waals surface area contributed by atoms with Gasteiger partial charge in [-0.15, -0.1) is 0 Å². The van der Waals surface area contributed by atoms with Crippen LogP contribution in [0.1, 0.15) is 135 Å². The van der Waals surface area contributed by atoms with Gasteiger partial charge in [-0.25, -0.2) is 0 Å². The quantitative estimate of drug-likeness (QED) is 0.315. The molecule has 2 fully saturated rings. The van der Waals surface area contributed by atoms with Gasteiger partial charge in [0.15, 0.2) is 0 Å². The van der Waals surface area contributed by atoms with E-state index in [2.05, 4.69) is 6.08 Å². The number of carbonyl (C=O) groups excluding carboxylic acids is 1. The SMILES string of the molecule is NC(=O)CCCCCCCCCCC[C@@]12CCC[C@H]1[C@@H]1CCC3=CCCCC3=C1CC2. The molecule has 1 amide bonds. The van der Waals surface area contributed by atoms with Crippen molar-refractivity contribution in [3.05, 3.63) is 22.8 Å². The molecular weight excluding hydrogens is 378 g/mol. The zero-order valence-corrected chi connectivity index (χ0v) is 20.1. The molecular formula is C29H47NO. The Bertz CT molecular complexity index is 674. The molecule has 3 atom stereocenters. The number of fused-ring (bicyclic) bond motifs is 4. The van der Waals surface area contributed by atoms with Crippen molar-refractivity contribution in [2.24, 2.45) is 23.0 Å². The molecule has 0 heterocycles. The van der Waals surface area contributed by atoms with Crippen LogP contribution in [0.15, 0.2) is 22.8 Å². The highest BCUT2D eigenvalue weighted by molar-refractivity contribution is 5.73. The minimum Gasteiger partial charge on any atom is -0.370 e. The Kier molecular flexibility index (Phi) is 8.35. The lowest BCUT2D eigenvalue weighted by atomic mass is 9.56. The summed E-state index contributed by atoms with van der Waals surface area (Å²) >= 11 is 0. The van der Waals surface area contributed by atoms with Gasteiger partial charge in [0.25, 0.3) is 0 Å². The molecule has 0 aromatic carbocycles. The fourth-order valence-corrected chi connectivity index (χ4v) is 7.88. The molecule has 2 saturated carbocycles. The maximum atomic E-state index is 10.8. The summed E-state index contributed by atoms with van der Waals surface area (Å²) in [5.74, 6) is 1.83. The third-order valence-corrected chi connectivity index (χ3v) is 9.42. The fraction of sp³-hybridized carbons (Fsp3) is 0.828. The van der Waals surface area contributed by atoms with Crippen LogP contribution in [0.25, 0.3) is 0 Å². The Morgan fingerprint density at radius 2 is 1.61 bits per heavy atom. The van der Waals surface area contributed by atoms with Crippen LogP contribution in [0.5, 0.6) is 0 Å². The van der Waals surface area contributed by atoms with Crippen LogP contribution in [0.2, 0.25) is 0 Å². The summed E-state index contributed by atoms with van der Waals surface area (Å²) in [4.78, 5) is 10.8. The van der Waals surface area contributed by atoms with Gasteiger partial charge in [-0.1, -0.05) is 69.4 Å². The number of carbonyl (C=O) groups is 1. The van der Waals surface area contributed by atoms with E-state index in [0.29, 0.717) is 11.8 Å². The normalized spacial score (nSPS) is 29.9. The van der Waals surface area contributed by atoms with E-state index >= 15 is 0 Å². The second kappa shape index (κ2) is 11.2. The molecule has 174 valence electrons. The van der Waals surface area contributed by atoms with Crippen LogP contribution in [-0.4, -0.2) is 5.91 Å². The summed E-state index contributed by atoms with van der Waals surface area (Å²) in [6.45, 7) is 0. The van der Waals surface area contributed by atoms with E-state index in [1.165, 1.54) is 122 Å². The van der Waals surface area contributed by atoms with Crippen LogP contribution >= 0.6 is 0 Å². The molecule has 0 unspecified atom stereocenters. The van der Waals surface area contributed by atoms with Crippen LogP contribution in [0.4, 0.5) is 0 Å². The molecule has 4 rings (SSSR count). The Labute approximate surface area is 191 Å². The Hall–Kier alpha value is -1.05. The van der Waals surface area contributed by atoms with Gasteiger partial charge in [0.05, 0.1) is 0 Å². The average molecular weight is 426 g/mol. The number of hydrogen-bond donors (Lipinski definition) is 1. The standard InChI is InChI=1S/C29H47NO/c30-28(31)16-8-6-4-2-1-3-5-7-11-20-29-21-12-15-27(29)26-18-17-23-13-9-10-14-24(23)25(26)19-22-29/h13,26-27H,1-12,14-22H2,(H2,30,31)/t26-,27+,29+/m1/s1. The lowest BCUT2D eigenvalue weighted by Gasteiger charge is -2.49. The molecule has 0 aromatic heterocycles. The summed E-state index contributed by atoms with van der Waals surface area (Å²) in [5, 5.41) is 0. The number of amides is 1. The molecule has 0 spiro atoms. The molecule has 0 bridgehead atoms. The van der Waals surface area contributed by atoms with Crippen LogP contribution < -0.4 is 5.73 Å². The first-order valence-electron chi connectivity index (χ1n) is 13.9. The second-order valence-corrected chi connectivity index (χ2v) is 11.3. The fourth-order valence-electron chi connectivity index (χ4n) is 7.88. The minimum absolute atomic E-state index is 0.145. The molecule has 31 heavy (non-hydrogen) atoms. The van der Waals surface area contributed by atoms with Gasteiger partial charge < -0.3 is 5.73 Å². The number of primary amides is 1. The molecule has 2 heteroatoms. The number of allylic oxidation sites excluding steroid dienone is 4. The highest BCUT2D eigenvalue weighted by Gasteiger charge is 2.50. The van der Waals surface area contributed by atoms with Crippen molar-refractivity contribution in [2.75, 3.05) is 0 Å². The number of hydrogen-bond acceptors (Lipinski definition) is 1. The zero-order valence-electron chi connectivity index (χ0n) is 20.1. The molecule has 0 aliphatic heterocycles. The topological polar surface area (TPSA) is 43.1 Å². The van der Waals surface area contributed by atoms with Crippen LogP contribution in [0.3, 0.4) is 0 Å². The van der Waals surface area contributed by atoms with E-state index < -0.39 is 0 Å². The first-order valence-corrected chi connectivity index (χ1v) is 13.9. The number of unbranched alkanes of at least 4 members (excludes halogenated alkanes) is 8. The van der Waals surface area contributed by atoms with Gasteiger partial charge in [-0.3, -0.25) is 4.79 Å². The molecule has 4 aliphatic carbocycles. The number of rotatable bonds is 12. The summed E-state index contributed by atoms with van der Waals surface area (Å²) in [6.07, 6.45) is 31.0. The van der Waals surface area contributed by atoms with Crippen LogP contribution in [0, 0.1) is 17.3 Å². The van der Waals surface area contributed by atoms with Gasteiger partial charge in [0.2, 0.25) is 5.91 Å². The summed E-state index contributed by atoms with van der Waals surface area (Å²) in [5.41, 5.74) is 11.5. The molecule has 0 aromatic rings. The van der Waals surface area contributed by atoms with E-state index in [0.717, 1.165) is 18.3 Å². The van der Waals surface area contributed by atoms with E-state index in [1.807, 2.05) is 11.1 Å². The lowest BCUT2D eigenvalue weighted by molar-refractivity contribution is -0.118. The molecule has 0 radical (unpaired) electrons. The summed E-state index contributed by atoms with van der Waals surface area (Å²) in [7, 11) is 0. The maximum absolute atomic E-state index is 10.8. The summed E-state index contributed by atoms with van der Waals surface area (Å²) < 4.78 is 0. The van der Waals surface area contributed by atoms with Gasteiger partial charge in [0, 0.05) is 6.42 Å². The molecule has 2 N–H and O–H groups in total. The van der Waals surface area contributed by atoms with E-state index in [1.54, 1.807) is 5.57 Å². The van der Waals surface area contributed by atoms with Crippen molar-refractivity contribution >= 4 is 5.91 Å². The van der Waals surface area contributed by atoms with Crippen molar-refractivity contribution in [2.45, 2.75) is 135 Å². The smallest absolute Gasteiger partial charge is 0.217 e. The summed E-state index contributed by atoms with van der Waals surface area (Å²) in [6, 6.07) is 0. The first-order chi connectivity index (χ1) is 15.2. The van der Waals surface area contributed by atoms with Gasteiger partial charge in [-0.05, 0) is 99.0 Å². The van der Waals surface area contributed by atoms with Crippen molar-refractivity contribution in [1.82, 2.24) is 0 Å². The Balaban J connectivity index is 1.17. The largest absolute Gasteiger partial charge is 0.370 e. The Morgan fingerprint density at radius 1 is 0.871 bits per heavy atom. The molecule has 0 saturated heterocycles. The predicted octanol–water partition coefficient (Wildman–Crippen LogP) is 8.16.